The van der Waals surface area contributed by atoms with E-state index in [1.54, 1.807) is 0 Å². The zero-order chi connectivity index (χ0) is 40.5. The fourth-order valence-electron chi connectivity index (χ4n) is 10.6. The van der Waals surface area contributed by atoms with Crippen molar-refractivity contribution in [3.63, 3.8) is 0 Å². The molecule has 5 unspecified atom stereocenters. The first-order valence-corrected chi connectivity index (χ1v) is 21.6. The average molecular weight is 791 g/mol. The van der Waals surface area contributed by atoms with Gasteiger partial charge in [-0.15, -0.1) is 0 Å². The molecule has 13 rings (SSSR count). The maximum absolute atomic E-state index is 6.71. The Balaban J connectivity index is 0.863. The predicted octanol–water partition coefficient (Wildman–Crippen LogP) is 14.8. The molecule has 0 bridgehead atoms. The molecule has 0 radical (unpaired) electrons. The molecule has 61 heavy (non-hydrogen) atoms. The van der Waals surface area contributed by atoms with Gasteiger partial charge in [0.1, 0.15) is 34.9 Å². The largest absolute Gasteiger partial charge is 0.485 e. The normalized spacial score (nSPS) is 22.1. The SMILES string of the molecule is Cc1cc2oc3c(ccc4c5cc(-c6ccc7c(c6)C6C=C(c8ccccc8)C=CC6O7)c(C)cc5oc43)c2cc1-c1ccc2c(c1)C1C=C(C3=CC=CC(C)C3)C=CC1O2. The van der Waals surface area contributed by atoms with Crippen molar-refractivity contribution in [2.45, 2.75) is 51.2 Å². The average Bonchev–Trinajstić information content (AvgIpc) is 4.04. The molecule has 0 amide bonds. The van der Waals surface area contributed by atoms with E-state index in [2.05, 4.69) is 179 Å². The van der Waals surface area contributed by atoms with E-state index in [9.17, 15) is 0 Å². The van der Waals surface area contributed by atoms with E-state index in [1.807, 2.05) is 0 Å². The number of allylic oxidation sites excluding steroid dienone is 8. The standard InChI is InChI=1S/C57H42O4/c1-31-8-7-11-35(22-31)37-13-19-51-45(26-37)47-28-39(15-21-53(47)59-51)43-30-49-41-17-16-40-48-29-42(32(2)23-54(48)60-56(40)57(41)61-55(49)24-33(43)3)38-14-20-52-46(27-38)44-25-36(12-18-50(44)58-52)34-9-5-4-6-10-34/h4-21,23-31,44-45,50-51H,22H2,1-3H3. The molecule has 294 valence electrons. The van der Waals surface area contributed by atoms with E-state index in [0.29, 0.717) is 5.92 Å². The zero-order valence-electron chi connectivity index (χ0n) is 34.2. The van der Waals surface area contributed by atoms with Crippen molar-refractivity contribution < 1.29 is 18.3 Å². The minimum Gasteiger partial charge on any atom is -0.485 e. The van der Waals surface area contributed by atoms with Crippen LogP contribution < -0.4 is 9.47 Å². The van der Waals surface area contributed by atoms with E-state index < -0.39 is 0 Å². The number of hydrogen-bond acceptors (Lipinski definition) is 4. The quantitative estimate of drug-likeness (QED) is 0.178. The maximum Gasteiger partial charge on any atom is 0.178 e. The second-order valence-corrected chi connectivity index (χ2v) is 17.7. The van der Waals surface area contributed by atoms with Crippen LogP contribution in [0.4, 0.5) is 0 Å². The Hall–Kier alpha value is -7.04. The Morgan fingerprint density at radius 3 is 1.66 bits per heavy atom. The maximum atomic E-state index is 6.71. The van der Waals surface area contributed by atoms with Gasteiger partial charge in [-0.3, -0.25) is 0 Å². The highest BCUT2D eigenvalue weighted by molar-refractivity contribution is 6.19. The Morgan fingerprint density at radius 1 is 0.525 bits per heavy atom. The van der Waals surface area contributed by atoms with Crippen molar-refractivity contribution in [2.24, 2.45) is 5.92 Å². The van der Waals surface area contributed by atoms with Gasteiger partial charge in [0, 0.05) is 44.5 Å². The lowest BCUT2D eigenvalue weighted by Gasteiger charge is -2.22. The molecule has 5 atom stereocenters. The van der Waals surface area contributed by atoms with Crippen LogP contribution in [0.1, 0.15) is 53.0 Å². The van der Waals surface area contributed by atoms with Crippen molar-refractivity contribution in [3.8, 4) is 33.8 Å². The molecule has 5 aliphatic rings. The summed E-state index contributed by atoms with van der Waals surface area (Å²) in [6.45, 7) is 6.63. The van der Waals surface area contributed by atoms with E-state index in [-0.39, 0.29) is 24.0 Å². The summed E-state index contributed by atoms with van der Waals surface area (Å²) in [4.78, 5) is 0. The van der Waals surface area contributed by atoms with Gasteiger partial charge < -0.3 is 18.3 Å². The van der Waals surface area contributed by atoms with Gasteiger partial charge in [0.05, 0.1) is 0 Å². The summed E-state index contributed by atoms with van der Waals surface area (Å²) in [5.41, 5.74) is 18.0. The highest BCUT2D eigenvalue weighted by Crippen LogP contribution is 2.49. The van der Waals surface area contributed by atoms with E-state index in [1.165, 1.54) is 55.7 Å². The van der Waals surface area contributed by atoms with Gasteiger partial charge >= 0.3 is 0 Å². The molecule has 4 heterocycles. The molecule has 4 nitrogen and oxygen atoms in total. The second-order valence-electron chi connectivity index (χ2n) is 17.7. The monoisotopic (exact) mass is 790 g/mol. The van der Waals surface area contributed by atoms with Crippen molar-refractivity contribution in [3.05, 3.63) is 197 Å². The van der Waals surface area contributed by atoms with Gasteiger partial charge in [-0.25, -0.2) is 0 Å². The predicted molar refractivity (Wildman–Crippen MR) is 247 cm³/mol. The first-order valence-electron chi connectivity index (χ1n) is 21.6. The lowest BCUT2D eigenvalue weighted by molar-refractivity contribution is 0.268. The Morgan fingerprint density at radius 2 is 1.08 bits per heavy atom. The Bertz CT molecular complexity index is 3400. The molecule has 0 N–H and O–H groups in total. The molecule has 4 heteroatoms. The molecule has 0 fully saturated rings. The van der Waals surface area contributed by atoms with Gasteiger partial charge in [-0.2, -0.15) is 0 Å². The van der Waals surface area contributed by atoms with Crippen LogP contribution in [0, 0.1) is 19.8 Å². The van der Waals surface area contributed by atoms with Gasteiger partial charge in [0.25, 0.3) is 0 Å². The summed E-state index contributed by atoms with van der Waals surface area (Å²) in [5.74, 6) is 2.83. The lowest BCUT2D eigenvalue weighted by atomic mass is 9.83. The number of furan rings is 2. The van der Waals surface area contributed by atoms with Gasteiger partial charge in [-0.1, -0.05) is 91.9 Å². The minimum atomic E-state index is 0.00686. The fraction of sp³-hybridized carbons (Fsp3) is 0.158. The van der Waals surface area contributed by atoms with Crippen LogP contribution in [0.25, 0.3) is 71.7 Å². The number of hydrogen-bond donors (Lipinski definition) is 0. The minimum absolute atomic E-state index is 0.00686. The number of fused-ring (bicyclic) bond motifs is 13. The van der Waals surface area contributed by atoms with Crippen molar-refractivity contribution in [1.82, 2.24) is 0 Å². The van der Waals surface area contributed by atoms with Gasteiger partial charge in [-0.05, 0) is 155 Å². The van der Waals surface area contributed by atoms with Crippen LogP contribution >= 0.6 is 0 Å². The van der Waals surface area contributed by atoms with Crippen molar-refractivity contribution >= 4 is 49.5 Å². The topological polar surface area (TPSA) is 44.7 Å². The molecule has 0 spiro atoms. The van der Waals surface area contributed by atoms with E-state index >= 15 is 0 Å². The first-order chi connectivity index (χ1) is 29.9. The number of aryl methyl sites for hydroxylation is 2. The lowest BCUT2D eigenvalue weighted by Crippen LogP contribution is -2.18. The third-order valence-electron chi connectivity index (χ3n) is 13.8. The molecule has 3 aliphatic carbocycles. The van der Waals surface area contributed by atoms with Crippen LogP contribution in [0.3, 0.4) is 0 Å². The Kier molecular flexibility index (Phi) is 7.40. The second kappa shape index (κ2) is 13.0. The summed E-state index contributed by atoms with van der Waals surface area (Å²) >= 11 is 0. The molecule has 0 saturated carbocycles. The molecule has 8 aromatic rings. The van der Waals surface area contributed by atoms with Gasteiger partial charge in [0.2, 0.25) is 0 Å². The molecule has 2 aliphatic heterocycles. The van der Waals surface area contributed by atoms with Crippen LogP contribution in [0.15, 0.2) is 178 Å². The van der Waals surface area contributed by atoms with Crippen molar-refractivity contribution in [1.29, 1.82) is 0 Å². The zero-order valence-corrected chi connectivity index (χ0v) is 34.2. The van der Waals surface area contributed by atoms with E-state index in [4.69, 9.17) is 18.3 Å². The molecule has 2 aromatic heterocycles. The third-order valence-corrected chi connectivity index (χ3v) is 13.8. The summed E-state index contributed by atoms with van der Waals surface area (Å²) < 4.78 is 26.3. The number of benzene rings is 6. The van der Waals surface area contributed by atoms with Crippen LogP contribution in [0.5, 0.6) is 11.5 Å². The highest BCUT2D eigenvalue weighted by atomic mass is 16.5. The van der Waals surface area contributed by atoms with Gasteiger partial charge in [0.15, 0.2) is 11.2 Å². The molecule has 0 saturated heterocycles. The van der Waals surface area contributed by atoms with Crippen LogP contribution in [-0.2, 0) is 0 Å². The number of rotatable bonds is 4. The fourth-order valence-corrected chi connectivity index (χ4v) is 10.6. The number of ether oxygens (including phenoxy) is 2. The van der Waals surface area contributed by atoms with Crippen LogP contribution in [0.2, 0.25) is 0 Å². The summed E-state index contributed by atoms with van der Waals surface area (Å²) in [5, 5.41) is 4.26. The highest BCUT2D eigenvalue weighted by Gasteiger charge is 2.35. The van der Waals surface area contributed by atoms with E-state index in [0.717, 1.165) is 72.9 Å². The summed E-state index contributed by atoms with van der Waals surface area (Å²) in [6.07, 6.45) is 21.5. The molecular formula is C57H42O4. The first kappa shape index (κ1) is 34.8. The molecular weight excluding hydrogens is 749 g/mol. The smallest absolute Gasteiger partial charge is 0.178 e. The third kappa shape index (κ3) is 5.38. The summed E-state index contributed by atoms with van der Waals surface area (Å²) in [6, 6.07) is 37.3. The molecule has 6 aromatic carbocycles. The van der Waals surface area contributed by atoms with Crippen LogP contribution in [-0.4, -0.2) is 12.2 Å². The van der Waals surface area contributed by atoms with Crippen molar-refractivity contribution in [2.75, 3.05) is 0 Å². The Labute approximate surface area is 354 Å². The summed E-state index contributed by atoms with van der Waals surface area (Å²) in [7, 11) is 0.